The van der Waals surface area contributed by atoms with Gasteiger partial charge in [0.05, 0.1) is 13.2 Å². The highest BCUT2D eigenvalue weighted by Gasteiger charge is 2.53. The normalized spacial score (nSPS) is 31.9. The molecule has 2 fully saturated rings. The quantitative estimate of drug-likeness (QED) is 0.367. The Morgan fingerprint density at radius 1 is 1.09 bits per heavy atom. The van der Waals surface area contributed by atoms with Crippen LogP contribution in [-0.2, 0) is 26.5 Å². The molecule has 0 aliphatic carbocycles. The molecule has 0 spiro atoms. The van der Waals surface area contributed by atoms with Gasteiger partial charge in [-0.2, -0.15) is 0 Å². The number of ether oxygens (including phenoxy) is 3. The van der Waals surface area contributed by atoms with Gasteiger partial charge in [-0.05, 0) is 41.8 Å². The van der Waals surface area contributed by atoms with Crippen LogP contribution in [0.5, 0.6) is 5.75 Å². The lowest BCUT2D eigenvalue weighted by atomic mass is 9.87. The van der Waals surface area contributed by atoms with Gasteiger partial charge in [-0.25, -0.2) is 4.79 Å². The average molecular weight is 481 g/mol. The predicted octanol–water partition coefficient (Wildman–Crippen LogP) is 0.244. The van der Waals surface area contributed by atoms with E-state index < -0.39 is 42.9 Å². The van der Waals surface area contributed by atoms with Gasteiger partial charge in [0.1, 0.15) is 30.2 Å². The third kappa shape index (κ3) is 4.71. The molecule has 0 saturated carbocycles. The van der Waals surface area contributed by atoms with Gasteiger partial charge in [0.25, 0.3) is 0 Å². The van der Waals surface area contributed by atoms with Crippen LogP contribution < -0.4 is 4.74 Å². The fourth-order valence-electron chi connectivity index (χ4n) is 3.98. The number of rotatable bonds is 6. The summed E-state index contributed by atoms with van der Waals surface area (Å²) in [5.74, 6) is -2.22. The number of carbonyl (C=O) groups is 1. The molecule has 33 heavy (non-hydrogen) atoms. The van der Waals surface area contributed by atoms with Crippen molar-refractivity contribution in [1.82, 2.24) is 0 Å². The number of carbonyl (C=O) groups excluding carboxylic acids is 1. The summed E-state index contributed by atoms with van der Waals surface area (Å²) >= 11 is 6.34. The maximum absolute atomic E-state index is 11.6. The van der Waals surface area contributed by atoms with Crippen molar-refractivity contribution in [1.29, 1.82) is 0 Å². The molecule has 0 aromatic heterocycles. The Labute approximate surface area is 194 Å². The number of halogens is 1. The molecule has 10 heteroatoms. The lowest BCUT2D eigenvalue weighted by Gasteiger charge is -2.45. The van der Waals surface area contributed by atoms with Gasteiger partial charge in [0.15, 0.2) is 6.10 Å². The monoisotopic (exact) mass is 480 g/mol. The molecule has 2 heterocycles. The van der Waals surface area contributed by atoms with Crippen LogP contribution in [0.3, 0.4) is 0 Å². The highest BCUT2D eigenvalue weighted by Crippen LogP contribution is 2.38. The molecule has 4 rings (SSSR count). The molecule has 6 atom stereocenters. The fourth-order valence-corrected chi connectivity index (χ4v) is 4.16. The Balaban J connectivity index is 1.53. The van der Waals surface area contributed by atoms with E-state index in [1.54, 1.807) is 24.3 Å². The molecule has 5 N–H and O–H groups in total. The third-order valence-electron chi connectivity index (χ3n) is 5.91. The maximum Gasteiger partial charge on any atom is 0.347 e. The molecule has 0 radical (unpaired) electrons. The standard InChI is InChI=1S/C23H25ClO9/c24-16-6-3-14(23(30)21(28)20(27)19(26)18(11-25)33-23)10-13(16)9-12-1-4-15(5-2-12)32-17-7-8-31-22(17)29/h1-6,10,17-21,25-28,30H,7-9,11H2/t17?,18-,19-,20+,21-,23+/m1/s1. The minimum absolute atomic E-state index is 0.110. The van der Waals surface area contributed by atoms with Crippen LogP contribution in [-0.4, -0.2) is 75.2 Å². The Hall–Kier alpha value is -2.24. The zero-order valence-corrected chi connectivity index (χ0v) is 18.3. The summed E-state index contributed by atoms with van der Waals surface area (Å²) in [6.07, 6.45) is -6.20. The molecule has 0 bridgehead atoms. The minimum Gasteiger partial charge on any atom is -0.479 e. The van der Waals surface area contributed by atoms with Crippen molar-refractivity contribution < 1.29 is 44.5 Å². The van der Waals surface area contributed by atoms with E-state index in [9.17, 15) is 30.3 Å². The number of aliphatic hydroxyl groups excluding tert-OH is 4. The van der Waals surface area contributed by atoms with Crippen molar-refractivity contribution in [2.24, 2.45) is 0 Å². The molecular formula is C23H25ClO9. The topological polar surface area (TPSA) is 146 Å². The second-order valence-electron chi connectivity index (χ2n) is 8.15. The van der Waals surface area contributed by atoms with Crippen molar-refractivity contribution in [2.45, 2.75) is 49.1 Å². The first-order chi connectivity index (χ1) is 15.7. The second-order valence-corrected chi connectivity index (χ2v) is 8.56. The number of benzene rings is 2. The van der Waals surface area contributed by atoms with E-state index in [2.05, 4.69) is 0 Å². The lowest BCUT2D eigenvalue weighted by Crippen LogP contribution is -2.63. The molecule has 178 valence electrons. The summed E-state index contributed by atoms with van der Waals surface area (Å²) in [5, 5.41) is 51.3. The molecule has 2 aliphatic heterocycles. The van der Waals surface area contributed by atoms with Gasteiger partial charge >= 0.3 is 5.97 Å². The van der Waals surface area contributed by atoms with E-state index >= 15 is 0 Å². The van der Waals surface area contributed by atoms with Crippen molar-refractivity contribution in [3.8, 4) is 5.75 Å². The summed E-state index contributed by atoms with van der Waals surface area (Å²) in [6, 6.07) is 11.6. The molecule has 9 nitrogen and oxygen atoms in total. The van der Waals surface area contributed by atoms with Crippen molar-refractivity contribution >= 4 is 17.6 Å². The second kappa shape index (κ2) is 9.55. The van der Waals surface area contributed by atoms with Crippen molar-refractivity contribution in [3.63, 3.8) is 0 Å². The molecular weight excluding hydrogens is 456 g/mol. The zero-order chi connectivity index (χ0) is 23.8. The van der Waals surface area contributed by atoms with Gasteiger partial charge in [-0.3, -0.25) is 0 Å². The van der Waals surface area contributed by atoms with Gasteiger partial charge < -0.3 is 39.7 Å². The third-order valence-corrected chi connectivity index (χ3v) is 6.28. The van der Waals surface area contributed by atoms with Crippen LogP contribution in [0.4, 0.5) is 0 Å². The average Bonchev–Trinajstić information content (AvgIpc) is 3.21. The van der Waals surface area contributed by atoms with Gasteiger partial charge in [-0.15, -0.1) is 0 Å². The molecule has 2 aliphatic rings. The first kappa shape index (κ1) is 23.9. The van der Waals surface area contributed by atoms with E-state index in [-0.39, 0.29) is 11.5 Å². The number of aliphatic hydroxyl groups is 5. The smallest absolute Gasteiger partial charge is 0.347 e. The molecule has 0 amide bonds. The molecule has 2 aromatic carbocycles. The van der Waals surface area contributed by atoms with Crippen LogP contribution in [0.2, 0.25) is 5.02 Å². The minimum atomic E-state index is -2.36. The molecule has 2 saturated heterocycles. The summed E-state index contributed by atoms with van der Waals surface area (Å²) in [5.41, 5.74) is 1.57. The van der Waals surface area contributed by atoms with Gasteiger partial charge in [0, 0.05) is 17.0 Å². The Kier molecular flexibility index (Phi) is 6.92. The largest absolute Gasteiger partial charge is 0.479 e. The first-order valence-electron chi connectivity index (χ1n) is 10.5. The molecule has 2 aromatic rings. The summed E-state index contributed by atoms with van der Waals surface area (Å²) in [7, 11) is 0. The Morgan fingerprint density at radius 2 is 1.82 bits per heavy atom. The van der Waals surface area contributed by atoms with E-state index in [1.165, 1.54) is 18.2 Å². The van der Waals surface area contributed by atoms with Gasteiger partial charge in [-0.1, -0.05) is 29.8 Å². The van der Waals surface area contributed by atoms with Crippen molar-refractivity contribution in [2.75, 3.05) is 13.2 Å². The Morgan fingerprint density at radius 3 is 2.45 bits per heavy atom. The van der Waals surface area contributed by atoms with Crippen LogP contribution in [0.15, 0.2) is 42.5 Å². The summed E-state index contributed by atoms with van der Waals surface area (Å²) in [4.78, 5) is 11.6. The van der Waals surface area contributed by atoms with E-state index in [0.29, 0.717) is 35.8 Å². The number of cyclic esters (lactones) is 1. The lowest BCUT2D eigenvalue weighted by molar-refractivity contribution is -0.357. The SMILES string of the molecule is O=C1OCCC1Oc1ccc(Cc2cc([C@]3(O)O[C@H](CO)[C@@H](O)[C@H](O)[C@H]3O)ccc2Cl)cc1. The van der Waals surface area contributed by atoms with E-state index in [0.717, 1.165) is 5.56 Å². The zero-order valence-electron chi connectivity index (χ0n) is 17.5. The number of hydrogen-bond acceptors (Lipinski definition) is 9. The highest BCUT2D eigenvalue weighted by atomic mass is 35.5. The Bertz CT molecular complexity index is 996. The predicted molar refractivity (Wildman–Crippen MR) is 115 cm³/mol. The van der Waals surface area contributed by atoms with Crippen LogP contribution in [0.25, 0.3) is 0 Å². The maximum atomic E-state index is 11.6. The van der Waals surface area contributed by atoms with E-state index in [1.807, 2.05) is 0 Å². The van der Waals surface area contributed by atoms with E-state index in [4.69, 9.17) is 25.8 Å². The van der Waals surface area contributed by atoms with Gasteiger partial charge in [0.2, 0.25) is 5.79 Å². The number of esters is 1. The number of hydrogen-bond donors (Lipinski definition) is 5. The van der Waals surface area contributed by atoms with Crippen LogP contribution >= 0.6 is 11.6 Å². The summed E-state index contributed by atoms with van der Waals surface area (Å²) in [6.45, 7) is -0.322. The van der Waals surface area contributed by atoms with Crippen molar-refractivity contribution in [3.05, 3.63) is 64.2 Å². The highest BCUT2D eigenvalue weighted by molar-refractivity contribution is 6.31. The van der Waals surface area contributed by atoms with Crippen LogP contribution in [0, 0.1) is 0 Å². The first-order valence-corrected chi connectivity index (χ1v) is 10.9. The summed E-state index contributed by atoms with van der Waals surface area (Å²) < 4.78 is 15.9. The van der Waals surface area contributed by atoms with Crippen LogP contribution in [0.1, 0.15) is 23.1 Å². The molecule has 1 unspecified atom stereocenters. The fraction of sp³-hybridized carbons (Fsp3) is 0.435.